The van der Waals surface area contributed by atoms with E-state index in [0.29, 0.717) is 5.92 Å². The highest BCUT2D eigenvalue weighted by atomic mass is 79.9. The normalized spacial score (nSPS) is 21.3. The number of carbonyl (C=O) groups excluding carboxylic acids is 1. The summed E-state index contributed by atoms with van der Waals surface area (Å²) in [6, 6.07) is 8.21. The zero-order valence-electron chi connectivity index (χ0n) is 10.9. The molecule has 3 rings (SSSR count). The lowest BCUT2D eigenvalue weighted by molar-refractivity contribution is -0.130. The summed E-state index contributed by atoms with van der Waals surface area (Å²) in [6.45, 7) is 2.88. The van der Waals surface area contributed by atoms with E-state index in [4.69, 9.17) is 0 Å². The highest BCUT2D eigenvalue weighted by Gasteiger charge is 2.45. The summed E-state index contributed by atoms with van der Waals surface area (Å²) >= 11 is 3.45. The van der Waals surface area contributed by atoms with Gasteiger partial charge in [0, 0.05) is 30.0 Å². The molecule has 1 heterocycles. The molecule has 0 spiro atoms. The maximum absolute atomic E-state index is 12.5. The first-order valence-electron chi connectivity index (χ1n) is 6.96. The molecule has 0 bridgehead atoms. The molecule has 1 aromatic rings. The van der Waals surface area contributed by atoms with E-state index in [2.05, 4.69) is 38.7 Å². The SMILES string of the molecule is O=C(NCC1CNC1)C1(c2ccc(Br)cc2)CCC1. The van der Waals surface area contributed by atoms with Crippen LogP contribution in [0.3, 0.4) is 0 Å². The van der Waals surface area contributed by atoms with Crippen LogP contribution in [0.1, 0.15) is 24.8 Å². The summed E-state index contributed by atoms with van der Waals surface area (Å²) in [6.07, 6.45) is 3.10. The van der Waals surface area contributed by atoms with Gasteiger partial charge in [-0.15, -0.1) is 0 Å². The maximum atomic E-state index is 12.5. The van der Waals surface area contributed by atoms with Crippen LogP contribution in [0.5, 0.6) is 0 Å². The van der Waals surface area contributed by atoms with Crippen molar-refractivity contribution in [2.45, 2.75) is 24.7 Å². The molecule has 2 fully saturated rings. The largest absolute Gasteiger partial charge is 0.355 e. The maximum Gasteiger partial charge on any atom is 0.230 e. The summed E-state index contributed by atoms with van der Waals surface area (Å²) in [4.78, 5) is 12.5. The van der Waals surface area contributed by atoms with Crippen LogP contribution in [0.25, 0.3) is 0 Å². The molecule has 1 aromatic carbocycles. The summed E-state index contributed by atoms with van der Waals surface area (Å²) in [5.74, 6) is 0.832. The van der Waals surface area contributed by atoms with Crippen molar-refractivity contribution < 1.29 is 4.79 Å². The van der Waals surface area contributed by atoms with Crippen LogP contribution in [0.2, 0.25) is 0 Å². The van der Waals surface area contributed by atoms with E-state index in [0.717, 1.165) is 48.9 Å². The van der Waals surface area contributed by atoms with Gasteiger partial charge in [0.25, 0.3) is 0 Å². The average Bonchev–Trinajstić information content (AvgIpc) is 2.28. The second-order valence-electron chi connectivity index (χ2n) is 5.68. The molecule has 1 aliphatic heterocycles. The van der Waals surface area contributed by atoms with Gasteiger partial charge in [-0.3, -0.25) is 4.79 Å². The third-order valence-electron chi connectivity index (χ3n) is 4.46. The molecule has 102 valence electrons. The van der Waals surface area contributed by atoms with Crippen LogP contribution in [0.15, 0.2) is 28.7 Å². The fourth-order valence-corrected chi connectivity index (χ4v) is 3.11. The van der Waals surface area contributed by atoms with Crippen LogP contribution in [0, 0.1) is 5.92 Å². The number of hydrogen-bond acceptors (Lipinski definition) is 2. The molecule has 3 nitrogen and oxygen atoms in total. The minimum Gasteiger partial charge on any atom is -0.355 e. The second kappa shape index (κ2) is 5.25. The quantitative estimate of drug-likeness (QED) is 0.892. The Morgan fingerprint density at radius 2 is 2.00 bits per heavy atom. The van der Waals surface area contributed by atoms with Crippen LogP contribution in [-0.2, 0) is 10.2 Å². The lowest BCUT2D eigenvalue weighted by atomic mass is 9.64. The van der Waals surface area contributed by atoms with Gasteiger partial charge >= 0.3 is 0 Å². The van der Waals surface area contributed by atoms with Gasteiger partial charge in [-0.25, -0.2) is 0 Å². The Kier molecular flexibility index (Phi) is 3.63. The fraction of sp³-hybridized carbons (Fsp3) is 0.533. The third kappa shape index (κ3) is 2.43. The predicted octanol–water partition coefficient (Wildman–Crippen LogP) is 2.21. The van der Waals surface area contributed by atoms with E-state index >= 15 is 0 Å². The number of hydrogen-bond donors (Lipinski definition) is 2. The Morgan fingerprint density at radius 3 is 2.47 bits per heavy atom. The number of carbonyl (C=O) groups is 1. The van der Waals surface area contributed by atoms with Crippen LogP contribution >= 0.6 is 15.9 Å². The molecule has 1 saturated heterocycles. The van der Waals surface area contributed by atoms with Gasteiger partial charge in [0.2, 0.25) is 5.91 Å². The molecular weight excluding hydrogens is 304 g/mol. The Hall–Kier alpha value is -0.870. The first kappa shape index (κ1) is 13.1. The zero-order chi connectivity index (χ0) is 13.3. The minimum absolute atomic E-state index is 0.216. The first-order chi connectivity index (χ1) is 9.21. The molecule has 0 atom stereocenters. The summed E-state index contributed by atoms with van der Waals surface area (Å²) in [5, 5.41) is 6.38. The van der Waals surface area contributed by atoms with Gasteiger partial charge in [-0.05, 0) is 30.5 Å². The van der Waals surface area contributed by atoms with Gasteiger partial charge in [-0.2, -0.15) is 0 Å². The fourth-order valence-electron chi connectivity index (χ4n) is 2.85. The molecule has 0 aromatic heterocycles. The van der Waals surface area contributed by atoms with Crippen molar-refractivity contribution in [3.63, 3.8) is 0 Å². The van der Waals surface area contributed by atoms with E-state index in [-0.39, 0.29) is 11.3 Å². The third-order valence-corrected chi connectivity index (χ3v) is 4.98. The van der Waals surface area contributed by atoms with Crippen molar-refractivity contribution in [1.82, 2.24) is 10.6 Å². The molecule has 19 heavy (non-hydrogen) atoms. The predicted molar refractivity (Wildman–Crippen MR) is 79.0 cm³/mol. The van der Waals surface area contributed by atoms with Crippen molar-refractivity contribution in [2.75, 3.05) is 19.6 Å². The Balaban J connectivity index is 1.70. The molecule has 2 aliphatic rings. The van der Waals surface area contributed by atoms with E-state index in [1.54, 1.807) is 0 Å². The molecule has 1 amide bonds. The number of halogens is 1. The molecule has 1 saturated carbocycles. The molecule has 2 N–H and O–H groups in total. The summed E-state index contributed by atoms with van der Waals surface area (Å²) < 4.78 is 1.06. The van der Waals surface area contributed by atoms with Crippen LogP contribution in [0.4, 0.5) is 0 Å². The second-order valence-corrected chi connectivity index (χ2v) is 6.59. The smallest absolute Gasteiger partial charge is 0.230 e. The number of nitrogens with one attached hydrogen (secondary N) is 2. The van der Waals surface area contributed by atoms with Gasteiger partial charge < -0.3 is 10.6 Å². The van der Waals surface area contributed by atoms with Crippen molar-refractivity contribution in [2.24, 2.45) is 5.92 Å². The Labute approximate surface area is 122 Å². The molecule has 1 aliphatic carbocycles. The first-order valence-corrected chi connectivity index (χ1v) is 7.75. The number of rotatable bonds is 4. The van der Waals surface area contributed by atoms with E-state index in [9.17, 15) is 4.79 Å². The molecular formula is C15H19BrN2O. The molecule has 4 heteroatoms. The van der Waals surface area contributed by atoms with E-state index < -0.39 is 0 Å². The van der Waals surface area contributed by atoms with Gasteiger partial charge in [0.15, 0.2) is 0 Å². The van der Waals surface area contributed by atoms with E-state index in [1.165, 1.54) is 0 Å². The monoisotopic (exact) mass is 322 g/mol. The molecule has 0 unspecified atom stereocenters. The van der Waals surface area contributed by atoms with E-state index in [1.807, 2.05) is 12.1 Å². The van der Waals surface area contributed by atoms with Gasteiger partial charge in [0.05, 0.1) is 5.41 Å². The van der Waals surface area contributed by atoms with Crippen molar-refractivity contribution in [1.29, 1.82) is 0 Å². The lowest BCUT2D eigenvalue weighted by Gasteiger charge is -2.41. The number of amides is 1. The topological polar surface area (TPSA) is 41.1 Å². The van der Waals surface area contributed by atoms with Gasteiger partial charge in [0.1, 0.15) is 0 Å². The van der Waals surface area contributed by atoms with Crippen LogP contribution in [-0.4, -0.2) is 25.5 Å². The Morgan fingerprint density at radius 1 is 1.32 bits per heavy atom. The minimum atomic E-state index is -0.266. The Bertz CT molecular complexity index is 464. The standard InChI is InChI=1S/C15H19BrN2O/c16-13-4-2-12(3-5-13)15(6-1-7-15)14(19)18-10-11-8-17-9-11/h2-5,11,17H,1,6-10H2,(H,18,19). The summed E-state index contributed by atoms with van der Waals surface area (Å²) in [7, 11) is 0. The average molecular weight is 323 g/mol. The van der Waals surface area contributed by atoms with Crippen LogP contribution < -0.4 is 10.6 Å². The van der Waals surface area contributed by atoms with Crippen molar-refractivity contribution >= 4 is 21.8 Å². The zero-order valence-corrected chi connectivity index (χ0v) is 12.5. The number of benzene rings is 1. The summed E-state index contributed by atoms with van der Waals surface area (Å²) in [5.41, 5.74) is 0.893. The molecule has 0 radical (unpaired) electrons. The van der Waals surface area contributed by atoms with Crippen molar-refractivity contribution in [3.8, 4) is 0 Å². The highest BCUT2D eigenvalue weighted by molar-refractivity contribution is 9.10. The van der Waals surface area contributed by atoms with Gasteiger partial charge in [-0.1, -0.05) is 34.5 Å². The lowest BCUT2D eigenvalue weighted by Crippen LogP contribution is -2.54. The highest BCUT2D eigenvalue weighted by Crippen LogP contribution is 2.44. The van der Waals surface area contributed by atoms with Crippen molar-refractivity contribution in [3.05, 3.63) is 34.3 Å².